The van der Waals surface area contributed by atoms with Gasteiger partial charge in [0.1, 0.15) is 11.9 Å². The van der Waals surface area contributed by atoms with E-state index < -0.39 is 11.7 Å². The number of hydrogen-bond donors (Lipinski definition) is 1. The lowest BCUT2D eigenvalue weighted by Gasteiger charge is -2.15. The third kappa shape index (κ3) is 4.69. The molecule has 10 heteroatoms. The first-order chi connectivity index (χ1) is 14.9. The van der Waals surface area contributed by atoms with Crippen LogP contribution in [0.15, 0.2) is 66.5 Å². The topological polar surface area (TPSA) is 111 Å². The van der Waals surface area contributed by atoms with Crippen LogP contribution in [0.3, 0.4) is 0 Å². The number of aromatic nitrogens is 6. The number of rotatable bonds is 4. The van der Waals surface area contributed by atoms with Gasteiger partial charge in [-0.15, -0.1) is 0 Å². The molecule has 0 saturated carbocycles. The lowest BCUT2D eigenvalue weighted by Crippen LogP contribution is -2.46. The Balaban J connectivity index is 1.48. The molecule has 1 N–H and O–H groups in total. The Morgan fingerprint density at radius 3 is 2.68 bits per heavy atom. The summed E-state index contributed by atoms with van der Waals surface area (Å²) in [6.07, 6.45) is 9.21. The minimum absolute atomic E-state index is 0.442. The average Bonchev–Trinajstić information content (AvgIpc) is 3.19. The van der Waals surface area contributed by atoms with Crippen molar-refractivity contribution in [1.29, 1.82) is 0 Å². The van der Waals surface area contributed by atoms with Crippen LogP contribution in [-0.4, -0.2) is 42.6 Å². The zero-order valence-corrected chi connectivity index (χ0v) is 17.3. The van der Waals surface area contributed by atoms with Crippen LogP contribution in [0.25, 0.3) is 16.9 Å². The number of carbonyl (C=O) groups is 1. The maximum atomic E-state index is 12.1. The van der Waals surface area contributed by atoms with Crippen LogP contribution in [0.4, 0.5) is 10.6 Å². The standard InChI is InChI=1S/C21H20N8O2/c1-21(2,3)31-20(30)28-10-7-15(8-11-28)12-25-27-18-16-13-26-29(19(16)24-14-23-18)17-6-4-5-9-22-17/h4-14H,1-3H3/p+1. The molecule has 0 aliphatic heterocycles. The molecule has 31 heavy (non-hydrogen) atoms. The highest BCUT2D eigenvalue weighted by atomic mass is 16.6. The van der Waals surface area contributed by atoms with Crippen LogP contribution in [0.5, 0.6) is 0 Å². The van der Waals surface area contributed by atoms with Crippen LogP contribution in [0, 0.1) is 0 Å². The number of hydrazone groups is 1. The van der Waals surface area contributed by atoms with Gasteiger partial charge in [-0.1, -0.05) is 10.6 Å². The quantitative estimate of drug-likeness (QED) is 0.309. The van der Waals surface area contributed by atoms with Gasteiger partial charge in [0, 0.05) is 23.9 Å². The van der Waals surface area contributed by atoms with E-state index in [1.807, 2.05) is 39.0 Å². The summed E-state index contributed by atoms with van der Waals surface area (Å²) in [7, 11) is 0. The van der Waals surface area contributed by atoms with Crippen LogP contribution >= 0.6 is 0 Å². The fraction of sp³-hybridized carbons (Fsp3) is 0.190. The zero-order valence-electron chi connectivity index (χ0n) is 17.3. The van der Waals surface area contributed by atoms with Crippen molar-refractivity contribution in [3.63, 3.8) is 0 Å². The Bertz CT molecular complexity index is 1230. The lowest BCUT2D eigenvalue weighted by atomic mass is 10.2. The molecule has 4 aromatic heterocycles. The molecule has 0 spiro atoms. The molecule has 4 heterocycles. The van der Waals surface area contributed by atoms with Gasteiger partial charge in [-0.2, -0.15) is 19.7 Å². The first kappa shape index (κ1) is 20.1. The molecular formula is C21H21N8O2+. The van der Waals surface area contributed by atoms with Gasteiger partial charge in [-0.3, -0.25) is 5.43 Å². The van der Waals surface area contributed by atoms with E-state index in [9.17, 15) is 4.79 Å². The molecule has 0 aromatic carbocycles. The maximum absolute atomic E-state index is 12.1. The molecule has 0 aliphatic carbocycles. The van der Waals surface area contributed by atoms with Crippen molar-refractivity contribution >= 4 is 29.2 Å². The molecule has 0 aliphatic rings. The second-order valence-electron chi connectivity index (χ2n) is 7.59. The molecular weight excluding hydrogens is 396 g/mol. The summed E-state index contributed by atoms with van der Waals surface area (Å²) in [6.45, 7) is 5.47. The van der Waals surface area contributed by atoms with Gasteiger partial charge in [-0.25, -0.2) is 15.0 Å². The highest BCUT2D eigenvalue weighted by molar-refractivity contribution is 5.87. The largest absolute Gasteiger partial charge is 0.602 e. The van der Waals surface area contributed by atoms with Crippen molar-refractivity contribution in [3.05, 3.63) is 67.0 Å². The van der Waals surface area contributed by atoms with E-state index in [1.165, 1.54) is 10.9 Å². The second kappa shape index (κ2) is 8.27. The highest BCUT2D eigenvalue weighted by Crippen LogP contribution is 2.20. The van der Waals surface area contributed by atoms with Crippen molar-refractivity contribution in [3.8, 4) is 5.82 Å². The summed E-state index contributed by atoms with van der Waals surface area (Å²) in [5, 5.41) is 9.30. The first-order valence-electron chi connectivity index (χ1n) is 9.55. The Kier molecular flexibility index (Phi) is 5.35. The van der Waals surface area contributed by atoms with Gasteiger partial charge in [-0.05, 0) is 32.9 Å². The molecule has 10 nitrogen and oxygen atoms in total. The number of nitrogens with one attached hydrogen (secondary N) is 1. The second-order valence-corrected chi connectivity index (χ2v) is 7.59. The number of ether oxygens (including phenoxy) is 1. The fourth-order valence-electron chi connectivity index (χ4n) is 2.71. The molecule has 0 saturated heterocycles. The zero-order chi connectivity index (χ0) is 21.8. The smallest absolute Gasteiger partial charge is 0.406 e. The summed E-state index contributed by atoms with van der Waals surface area (Å²) in [5.41, 5.74) is 3.77. The van der Waals surface area contributed by atoms with Gasteiger partial charge in [0.05, 0.1) is 17.8 Å². The number of carbonyl (C=O) groups excluding carboxylic acids is 1. The Morgan fingerprint density at radius 1 is 1.16 bits per heavy atom. The Labute approximate surface area is 178 Å². The SMILES string of the molecule is CC(C)(C)OC(=O)[n+]1ccc(/C=N/Nc2ncnc3c2cnn3-c2ccccn2)cc1. The van der Waals surface area contributed by atoms with Crippen LogP contribution in [-0.2, 0) is 4.74 Å². The number of anilines is 1. The third-order valence-electron chi connectivity index (χ3n) is 4.08. The van der Waals surface area contributed by atoms with Crippen LogP contribution in [0.2, 0.25) is 0 Å². The van der Waals surface area contributed by atoms with Gasteiger partial charge in [0.2, 0.25) is 0 Å². The van der Waals surface area contributed by atoms with Crippen LogP contribution in [0.1, 0.15) is 26.3 Å². The fourth-order valence-corrected chi connectivity index (χ4v) is 2.71. The summed E-state index contributed by atoms with van der Waals surface area (Å²) in [4.78, 5) is 24.9. The van der Waals surface area contributed by atoms with E-state index >= 15 is 0 Å². The number of fused-ring (bicyclic) bond motifs is 1. The summed E-state index contributed by atoms with van der Waals surface area (Å²) >= 11 is 0. The van der Waals surface area contributed by atoms with Crippen molar-refractivity contribution in [2.45, 2.75) is 26.4 Å². The monoisotopic (exact) mass is 417 g/mol. The summed E-state index contributed by atoms with van der Waals surface area (Å²) in [5.74, 6) is 1.18. The molecule has 0 fully saturated rings. The molecule has 0 unspecified atom stereocenters. The van der Waals surface area contributed by atoms with Gasteiger partial charge in [0.25, 0.3) is 0 Å². The van der Waals surface area contributed by atoms with Crippen molar-refractivity contribution < 1.29 is 14.1 Å². The molecule has 0 bridgehead atoms. The first-order valence-corrected chi connectivity index (χ1v) is 9.55. The minimum atomic E-state index is -0.554. The molecule has 0 atom stereocenters. The van der Waals surface area contributed by atoms with E-state index in [0.29, 0.717) is 22.7 Å². The van der Waals surface area contributed by atoms with Crippen LogP contribution < -0.4 is 9.99 Å². The molecule has 4 rings (SSSR count). The molecule has 156 valence electrons. The van der Waals surface area contributed by atoms with E-state index in [1.54, 1.807) is 47.8 Å². The van der Waals surface area contributed by atoms with Crippen molar-refractivity contribution in [2.75, 3.05) is 5.43 Å². The number of hydrogen-bond acceptors (Lipinski definition) is 8. The van der Waals surface area contributed by atoms with E-state index in [0.717, 1.165) is 5.56 Å². The predicted octanol–water partition coefficient (Wildman–Crippen LogP) is 2.73. The number of nitrogens with zero attached hydrogens (tertiary/aromatic N) is 7. The Morgan fingerprint density at radius 2 is 1.97 bits per heavy atom. The van der Waals surface area contributed by atoms with Gasteiger partial charge < -0.3 is 4.74 Å². The summed E-state index contributed by atoms with van der Waals surface area (Å²) in [6, 6.07) is 9.07. The van der Waals surface area contributed by atoms with Gasteiger partial charge in [0.15, 0.2) is 29.7 Å². The van der Waals surface area contributed by atoms with Gasteiger partial charge >= 0.3 is 6.09 Å². The van der Waals surface area contributed by atoms with Crippen molar-refractivity contribution in [1.82, 2.24) is 24.7 Å². The lowest BCUT2D eigenvalue weighted by molar-refractivity contribution is -0.588. The Hall–Kier alpha value is -4.21. The van der Waals surface area contributed by atoms with Crippen molar-refractivity contribution in [2.24, 2.45) is 5.10 Å². The summed E-state index contributed by atoms with van der Waals surface area (Å²) < 4.78 is 8.34. The van der Waals surface area contributed by atoms with E-state index in [4.69, 9.17) is 4.74 Å². The van der Waals surface area contributed by atoms with E-state index in [-0.39, 0.29) is 0 Å². The minimum Gasteiger partial charge on any atom is -0.406 e. The molecule has 4 aromatic rings. The normalized spacial score (nSPS) is 11.7. The predicted molar refractivity (Wildman–Crippen MR) is 114 cm³/mol. The number of pyridine rings is 2. The third-order valence-corrected chi connectivity index (χ3v) is 4.08. The maximum Gasteiger partial charge on any atom is 0.602 e. The average molecular weight is 417 g/mol. The molecule has 0 amide bonds. The highest BCUT2D eigenvalue weighted by Gasteiger charge is 2.23. The molecule has 0 radical (unpaired) electrons. The van der Waals surface area contributed by atoms with E-state index in [2.05, 4.69) is 30.6 Å².